The summed E-state index contributed by atoms with van der Waals surface area (Å²) in [6.07, 6.45) is 4.06. The van der Waals surface area contributed by atoms with Crippen LogP contribution in [0.25, 0.3) is 33.6 Å². The Kier molecular flexibility index (Phi) is 3.89. The van der Waals surface area contributed by atoms with E-state index in [1.807, 2.05) is 18.2 Å². The van der Waals surface area contributed by atoms with Crippen LogP contribution in [0, 0.1) is 5.82 Å². The zero-order valence-corrected chi connectivity index (χ0v) is 14.3. The van der Waals surface area contributed by atoms with Gasteiger partial charge in [0.1, 0.15) is 5.82 Å². The van der Waals surface area contributed by atoms with Crippen LogP contribution >= 0.6 is 0 Å². The van der Waals surface area contributed by atoms with E-state index in [-0.39, 0.29) is 5.82 Å². The number of nitrogens with zero attached hydrogens (tertiary/aromatic N) is 1. The molecule has 4 aromatic rings. The molecule has 0 amide bonds. The first-order chi connectivity index (χ1) is 12.2. The first-order valence-electron chi connectivity index (χ1n) is 8.66. The van der Waals surface area contributed by atoms with Crippen LogP contribution in [0.2, 0.25) is 0 Å². The largest absolute Gasteiger partial charge is 0.309 e. The second-order valence-corrected chi connectivity index (χ2v) is 6.39. The fourth-order valence-corrected chi connectivity index (χ4v) is 3.52. The number of benzene rings is 3. The van der Waals surface area contributed by atoms with Crippen LogP contribution in [0.1, 0.15) is 24.5 Å². The Labute approximate surface area is 147 Å². The zero-order chi connectivity index (χ0) is 17.4. The number of hydrogen-bond acceptors (Lipinski definition) is 0. The number of fused-ring (bicyclic) bond motifs is 3. The van der Waals surface area contributed by atoms with Crippen LogP contribution in [0.15, 0.2) is 67.2 Å². The average molecular weight is 329 g/mol. The molecular formula is C23H20FN. The van der Waals surface area contributed by atoms with Crippen molar-refractivity contribution in [3.8, 4) is 5.69 Å². The molecule has 4 rings (SSSR count). The molecule has 0 aliphatic carbocycles. The Morgan fingerprint density at radius 2 is 1.72 bits per heavy atom. The lowest BCUT2D eigenvalue weighted by atomic mass is 10.1. The van der Waals surface area contributed by atoms with E-state index in [2.05, 4.69) is 54.5 Å². The number of rotatable bonds is 4. The van der Waals surface area contributed by atoms with Crippen molar-refractivity contribution in [2.45, 2.75) is 19.8 Å². The Balaban J connectivity index is 2.09. The smallest absolute Gasteiger partial charge is 0.123 e. The molecule has 0 saturated carbocycles. The fourth-order valence-electron chi connectivity index (χ4n) is 3.52. The quantitative estimate of drug-likeness (QED) is 0.402. The van der Waals surface area contributed by atoms with Gasteiger partial charge in [0.25, 0.3) is 0 Å². The Morgan fingerprint density at radius 1 is 0.920 bits per heavy atom. The maximum atomic E-state index is 13.4. The summed E-state index contributed by atoms with van der Waals surface area (Å²) in [6.45, 7) is 6.08. The molecule has 2 heteroatoms. The molecule has 25 heavy (non-hydrogen) atoms. The van der Waals surface area contributed by atoms with Gasteiger partial charge in [-0.3, -0.25) is 0 Å². The maximum absolute atomic E-state index is 13.4. The Morgan fingerprint density at radius 3 is 2.44 bits per heavy atom. The minimum Gasteiger partial charge on any atom is -0.309 e. The molecule has 3 aromatic carbocycles. The van der Waals surface area contributed by atoms with Crippen molar-refractivity contribution in [2.24, 2.45) is 0 Å². The fraction of sp³-hybridized carbons (Fsp3) is 0.130. The predicted molar refractivity (Wildman–Crippen MR) is 105 cm³/mol. The van der Waals surface area contributed by atoms with E-state index < -0.39 is 0 Å². The van der Waals surface area contributed by atoms with Crippen molar-refractivity contribution >= 4 is 27.9 Å². The third-order valence-corrected chi connectivity index (χ3v) is 4.71. The van der Waals surface area contributed by atoms with Gasteiger partial charge in [-0.2, -0.15) is 0 Å². The number of hydrogen-bond donors (Lipinski definition) is 0. The molecular weight excluding hydrogens is 309 g/mol. The van der Waals surface area contributed by atoms with E-state index in [1.165, 1.54) is 28.5 Å². The number of aryl methyl sites for hydroxylation is 1. The molecule has 0 spiro atoms. The van der Waals surface area contributed by atoms with Gasteiger partial charge >= 0.3 is 0 Å². The van der Waals surface area contributed by atoms with Crippen LogP contribution in [0.3, 0.4) is 0 Å². The molecule has 0 radical (unpaired) electrons. The first kappa shape index (κ1) is 15.6. The molecule has 0 aliphatic heterocycles. The minimum absolute atomic E-state index is 0.221. The molecule has 1 heterocycles. The Bertz CT molecular complexity index is 1070. The van der Waals surface area contributed by atoms with Gasteiger partial charge in [0, 0.05) is 16.5 Å². The lowest BCUT2D eigenvalue weighted by molar-refractivity contribution is 0.627. The molecule has 0 unspecified atom stereocenters. The van der Waals surface area contributed by atoms with Crippen LogP contribution in [-0.2, 0) is 6.42 Å². The standard InChI is InChI=1S/C23H20FN/c1-3-5-17-7-13-22-21(14-17)20-12-6-16(4-2)15-23(20)25(22)19-10-8-18(24)9-11-19/h4,6-15H,2-3,5H2,1H3. The third-order valence-electron chi connectivity index (χ3n) is 4.71. The SMILES string of the molecule is C=Cc1ccc2c3cc(CCC)ccc3n(-c3ccc(F)cc3)c2c1. The van der Waals surface area contributed by atoms with Crippen molar-refractivity contribution in [2.75, 3.05) is 0 Å². The van der Waals surface area contributed by atoms with Gasteiger partial charge in [-0.1, -0.05) is 44.2 Å². The molecule has 0 aliphatic rings. The summed E-state index contributed by atoms with van der Waals surface area (Å²) in [5.41, 5.74) is 5.65. The maximum Gasteiger partial charge on any atom is 0.123 e. The third kappa shape index (κ3) is 2.64. The summed E-state index contributed by atoms with van der Waals surface area (Å²) in [4.78, 5) is 0. The van der Waals surface area contributed by atoms with E-state index in [0.29, 0.717) is 0 Å². The molecule has 124 valence electrons. The van der Waals surface area contributed by atoms with Gasteiger partial charge in [0.2, 0.25) is 0 Å². The first-order valence-corrected chi connectivity index (χ1v) is 8.66. The highest BCUT2D eigenvalue weighted by Gasteiger charge is 2.13. The lowest BCUT2D eigenvalue weighted by Crippen LogP contribution is -1.94. The highest BCUT2D eigenvalue weighted by atomic mass is 19.1. The van der Waals surface area contributed by atoms with E-state index in [1.54, 1.807) is 0 Å². The van der Waals surface area contributed by atoms with Gasteiger partial charge in [-0.25, -0.2) is 4.39 Å². The van der Waals surface area contributed by atoms with E-state index in [4.69, 9.17) is 0 Å². The average Bonchev–Trinajstić information content (AvgIpc) is 2.96. The van der Waals surface area contributed by atoms with Crippen LogP contribution < -0.4 is 0 Å². The second-order valence-electron chi connectivity index (χ2n) is 6.39. The van der Waals surface area contributed by atoms with Crippen LogP contribution in [0.5, 0.6) is 0 Å². The van der Waals surface area contributed by atoms with E-state index >= 15 is 0 Å². The highest BCUT2D eigenvalue weighted by molar-refractivity contribution is 6.09. The van der Waals surface area contributed by atoms with E-state index in [9.17, 15) is 4.39 Å². The summed E-state index contributed by atoms with van der Waals surface area (Å²) in [5.74, 6) is -0.221. The molecule has 0 atom stereocenters. The monoisotopic (exact) mass is 329 g/mol. The molecule has 0 N–H and O–H groups in total. The van der Waals surface area contributed by atoms with Crippen LogP contribution in [0.4, 0.5) is 4.39 Å². The molecule has 0 fully saturated rings. The summed E-state index contributed by atoms with van der Waals surface area (Å²) in [7, 11) is 0. The topological polar surface area (TPSA) is 4.93 Å². The van der Waals surface area contributed by atoms with Gasteiger partial charge in [0.05, 0.1) is 11.0 Å². The number of halogens is 1. The number of aromatic nitrogens is 1. The molecule has 0 bridgehead atoms. The summed E-state index contributed by atoms with van der Waals surface area (Å²) >= 11 is 0. The summed E-state index contributed by atoms with van der Waals surface area (Å²) in [6, 6.07) is 19.7. The van der Waals surface area contributed by atoms with Gasteiger partial charge in [-0.05, 0) is 60.0 Å². The summed E-state index contributed by atoms with van der Waals surface area (Å²) < 4.78 is 15.6. The van der Waals surface area contributed by atoms with Crippen molar-refractivity contribution in [1.29, 1.82) is 0 Å². The van der Waals surface area contributed by atoms with Crippen molar-refractivity contribution in [3.05, 3.63) is 84.2 Å². The normalized spacial score (nSPS) is 11.3. The van der Waals surface area contributed by atoms with Gasteiger partial charge in [-0.15, -0.1) is 0 Å². The highest BCUT2D eigenvalue weighted by Crippen LogP contribution is 2.33. The lowest BCUT2D eigenvalue weighted by Gasteiger charge is -2.08. The van der Waals surface area contributed by atoms with Crippen molar-refractivity contribution in [1.82, 2.24) is 4.57 Å². The predicted octanol–water partition coefficient (Wildman–Crippen LogP) is 6.52. The van der Waals surface area contributed by atoms with Crippen molar-refractivity contribution < 1.29 is 4.39 Å². The van der Waals surface area contributed by atoms with Crippen molar-refractivity contribution in [3.63, 3.8) is 0 Å². The molecule has 1 nitrogen and oxygen atoms in total. The summed E-state index contributed by atoms with van der Waals surface area (Å²) in [5, 5.41) is 2.45. The Hall–Kier alpha value is -2.87. The molecule has 1 aromatic heterocycles. The minimum atomic E-state index is -0.221. The molecule has 0 saturated heterocycles. The van der Waals surface area contributed by atoms with Gasteiger partial charge < -0.3 is 4.57 Å². The zero-order valence-electron chi connectivity index (χ0n) is 14.3. The second kappa shape index (κ2) is 6.21. The van der Waals surface area contributed by atoms with Gasteiger partial charge in [0.15, 0.2) is 0 Å². The van der Waals surface area contributed by atoms with Crippen LogP contribution in [-0.4, -0.2) is 4.57 Å². The van der Waals surface area contributed by atoms with E-state index in [0.717, 1.165) is 35.1 Å².